The van der Waals surface area contributed by atoms with Gasteiger partial charge >= 0.3 is 0 Å². The number of hydrogen-bond donors (Lipinski definition) is 0. The molecule has 4 heteroatoms. The van der Waals surface area contributed by atoms with Gasteiger partial charge in [-0.15, -0.1) is 0 Å². The Hall–Kier alpha value is -0.410. The zero-order chi connectivity index (χ0) is 9.68. The molecule has 13 heavy (non-hydrogen) atoms. The second-order valence-corrected chi connectivity index (χ2v) is 4.17. The fourth-order valence-corrected chi connectivity index (χ4v) is 1.50. The summed E-state index contributed by atoms with van der Waals surface area (Å²) >= 11 is 7.57. The van der Waals surface area contributed by atoms with Crippen molar-refractivity contribution in [1.29, 1.82) is 0 Å². The summed E-state index contributed by atoms with van der Waals surface area (Å²) in [5, 5.41) is 0.682. The van der Waals surface area contributed by atoms with Crippen molar-refractivity contribution in [3.05, 3.63) is 23.4 Å². The van der Waals surface area contributed by atoms with Crippen molar-refractivity contribution in [2.45, 2.75) is 0 Å². The highest BCUT2D eigenvalue weighted by atomic mass is 35.5. The van der Waals surface area contributed by atoms with Gasteiger partial charge in [0.25, 0.3) is 0 Å². The van der Waals surface area contributed by atoms with Gasteiger partial charge < -0.3 is 4.90 Å². The summed E-state index contributed by atoms with van der Waals surface area (Å²) in [6.45, 7) is 1.01. The average Bonchev–Trinajstić information content (AvgIpc) is 2.15. The van der Waals surface area contributed by atoms with Crippen LogP contribution in [0.2, 0.25) is 5.02 Å². The lowest BCUT2D eigenvalue weighted by Gasteiger charge is -2.16. The second kappa shape index (κ2) is 5.35. The molecule has 0 atom stereocenters. The minimum absolute atomic E-state index is 0.682. The van der Waals surface area contributed by atoms with Crippen LogP contribution >= 0.6 is 23.4 Å². The summed E-state index contributed by atoms with van der Waals surface area (Å²) < 4.78 is 0. The van der Waals surface area contributed by atoms with E-state index >= 15 is 0 Å². The van der Waals surface area contributed by atoms with Crippen LogP contribution in [-0.4, -0.2) is 30.6 Å². The van der Waals surface area contributed by atoms with Crippen molar-refractivity contribution in [3.63, 3.8) is 0 Å². The first-order valence-corrected chi connectivity index (χ1v) is 5.83. The van der Waals surface area contributed by atoms with E-state index in [9.17, 15) is 0 Å². The van der Waals surface area contributed by atoms with Gasteiger partial charge in [0.05, 0.1) is 5.02 Å². The Bertz CT molecular complexity index is 250. The Morgan fingerprint density at radius 3 is 2.85 bits per heavy atom. The molecule has 2 nitrogen and oxygen atoms in total. The maximum Gasteiger partial charge on any atom is 0.128 e. The fourth-order valence-electron chi connectivity index (χ4n) is 0.937. The molecule has 0 radical (unpaired) electrons. The van der Waals surface area contributed by atoms with Crippen LogP contribution in [0.1, 0.15) is 0 Å². The molecule has 0 fully saturated rings. The summed E-state index contributed by atoms with van der Waals surface area (Å²) in [5.41, 5.74) is 0. The predicted molar refractivity (Wildman–Crippen MR) is 60.9 cm³/mol. The minimum Gasteiger partial charge on any atom is -0.359 e. The van der Waals surface area contributed by atoms with E-state index in [0.29, 0.717) is 5.02 Å². The van der Waals surface area contributed by atoms with Crippen LogP contribution in [0, 0.1) is 0 Å². The third kappa shape index (κ3) is 3.44. The van der Waals surface area contributed by atoms with Crippen molar-refractivity contribution < 1.29 is 0 Å². The highest BCUT2D eigenvalue weighted by Gasteiger charge is 2.00. The highest BCUT2D eigenvalue weighted by molar-refractivity contribution is 7.98. The Morgan fingerprint density at radius 1 is 1.54 bits per heavy atom. The molecular weight excluding hydrogens is 204 g/mol. The SMILES string of the molecule is CSCCN(C)c1ccc(Cl)cn1. The van der Waals surface area contributed by atoms with Gasteiger partial charge in [-0.2, -0.15) is 11.8 Å². The largest absolute Gasteiger partial charge is 0.359 e. The van der Waals surface area contributed by atoms with Gasteiger partial charge in [0.1, 0.15) is 5.82 Å². The van der Waals surface area contributed by atoms with E-state index in [2.05, 4.69) is 16.1 Å². The highest BCUT2D eigenvalue weighted by Crippen LogP contribution is 2.12. The third-order valence-corrected chi connectivity index (χ3v) is 2.55. The number of anilines is 1. The lowest BCUT2D eigenvalue weighted by molar-refractivity contribution is 0.947. The summed E-state index contributed by atoms with van der Waals surface area (Å²) in [7, 11) is 2.03. The first-order valence-electron chi connectivity index (χ1n) is 4.05. The Labute approximate surface area is 88.3 Å². The molecule has 0 saturated heterocycles. The van der Waals surface area contributed by atoms with Gasteiger partial charge in [-0.3, -0.25) is 0 Å². The van der Waals surface area contributed by atoms with Crippen LogP contribution in [0.5, 0.6) is 0 Å². The number of rotatable bonds is 4. The number of pyridine rings is 1. The van der Waals surface area contributed by atoms with Crippen molar-refractivity contribution in [3.8, 4) is 0 Å². The number of nitrogens with zero attached hydrogens (tertiary/aromatic N) is 2. The van der Waals surface area contributed by atoms with Crippen molar-refractivity contribution >= 4 is 29.2 Å². The Balaban J connectivity index is 2.55. The standard InChI is InChI=1S/C9H13ClN2S/c1-12(5-6-13-2)9-4-3-8(10)7-11-9/h3-4,7H,5-6H2,1-2H3. The Morgan fingerprint density at radius 2 is 2.31 bits per heavy atom. The number of thioether (sulfide) groups is 1. The van der Waals surface area contributed by atoms with Crippen molar-refractivity contribution in [2.75, 3.05) is 30.5 Å². The van der Waals surface area contributed by atoms with Crippen LogP contribution in [0.15, 0.2) is 18.3 Å². The average molecular weight is 217 g/mol. The topological polar surface area (TPSA) is 16.1 Å². The van der Waals surface area contributed by atoms with Gasteiger partial charge in [0.2, 0.25) is 0 Å². The molecule has 1 aromatic heterocycles. The quantitative estimate of drug-likeness (QED) is 0.770. The molecule has 0 N–H and O–H groups in total. The molecule has 0 bridgehead atoms. The lowest BCUT2D eigenvalue weighted by Crippen LogP contribution is -2.20. The molecule has 0 unspecified atom stereocenters. The van der Waals surface area contributed by atoms with Crippen LogP contribution < -0.4 is 4.90 Å². The lowest BCUT2D eigenvalue weighted by atomic mass is 10.4. The van der Waals surface area contributed by atoms with E-state index in [1.165, 1.54) is 0 Å². The van der Waals surface area contributed by atoms with Gasteiger partial charge in [-0.05, 0) is 18.4 Å². The molecule has 0 spiro atoms. The van der Waals surface area contributed by atoms with Gasteiger partial charge in [-0.25, -0.2) is 4.98 Å². The van der Waals surface area contributed by atoms with E-state index in [4.69, 9.17) is 11.6 Å². The van der Waals surface area contributed by atoms with E-state index in [1.54, 1.807) is 6.20 Å². The zero-order valence-corrected chi connectivity index (χ0v) is 9.40. The molecular formula is C9H13ClN2S. The third-order valence-electron chi connectivity index (χ3n) is 1.73. The van der Waals surface area contributed by atoms with Crippen LogP contribution in [0.3, 0.4) is 0 Å². The van der Waals surface area contributed by atoms with Crippen molar-refractivity contribution in [2.24, 2.45) is 0 Å². The molecule has 1 aromatic rings. The molecule has 0 aliphatic carbocycles. The number of halogens is 1. The smallest absolute Gasteiger partial charge is 0.128 e. The first-order chi connectivity index (χ1) is 6.24. The molecule has 0 aliphatic heterocycles. The first kappa shape index (κ1) is 10.7. The van der Waals surface area contributed by atoms with E-state index in [-0.39, 0.29) is 0 Å². The van der Waals surface area contributed by atoms with Gasteiger partial charge in [0, 0.05) is 25.5 Å². The minimum atomic E-state index is 0.682. The number of aromatic nitrogens is 1. The van der Waals surface area contributed by atoms with Crippen LogP contribution in [0.25, 0.3) is 0 Å². The fraction of sp³-hybridized carbons (Fsp3) is 0.444. The molecule has 1 heterocycles. The van der Waals surface area contributed by atoms with Crippen LogP contribution in [-0.2, 0) is 0 Å². The summed E-state index contributed by atoms with van der Waals surface area (Å²) in [5.74, 6) is 2.08. The molecule has 0 aromatic carbocycles. The zero-order valence-electron chi connectivity index (χ0n) is 7.83. The Kier molecular flexibility index (Phi) is 4.39. The summed E-state index contributed by atoms with van der Waals surface area (Å²) in [6, 6.07) is 3.79. The maximum atomic E-state index is 5.74. The summed E-state index contributed by atoms with van der Waals surface area (Å²) in [4.78, 5) is 6.33. The molecule has 72 valence electrons. The van der Waals surface area contributed by atoms with E-state index < -0.39 is 0 Å². The van der Waals surface area contributed by atoms with Gasteiger partial charge in [-0.1, -0.05) is 11.6 Å². The monoisotopic (exact) mass is 216 g/mol. The van der Waals surface area contributed by atoms with Gasteiger partial charge in [0.15, 0.2) is 0 Å². The predicted octanol–water partition coefficient (Wildman–Crippen LogP) is 2.53. The maximum absolute atomic E-state index is 5.74. The van der Waals surface area contributed by atoms with Crippen LogP contribution in [0.4, 0.5) is 5.82 Å². The second-order valence-electron chi connectivity index (χ2n) is 2.75. The molecule has 0 aliphatic rings. The van der Waals surface area contributed by atoms with Crippen molar-refractivity contribution in [1.82, 2.24) is 4.98 Å². The molecule has 0 saturated carbocycles. The molecule has 0 amide bonds. The number of hydrogen-bond acceptors (Lipinski definition) is 3. The van der Waals surface area contributed by atoms with E-state index in [1.807, 2.05) is 30.9 Å². The van der Waals surface area contributed by atoms with E-state index in [0.717, 1.165) is 18.1 Å². The summed E-state index contributed by atoms with van der Waals surface area (Å²) in [6.07, 6.45) is 3.77. The molecule has 1 rings (SSSR count). The normalized spacial score (nSPS) is 10.1.